The molecule has 1 heterocycles. The number of nitrogens with one attached hydrogen (secondary N) is 1. The summed E-state index contributed by atoms with van der Waals surface area (Å²) in [5.74, 6) is -1.01. The smallest absolute Gasteiger partial charge is 0.328 e. The number of aliphatic carboxylic acids is 1. The van der Waals surface area contributed by atoms with Gasteiger partial charge in [-0.2, -0.15) is 5.10 Å². The molecule has 2 N–H and O–H groups in total. The standard InChI is InChI=1S/C27H24N2O4S/c1-3-22(23-6-4-5-7-25(23)34(2,32)33)27(20-13-14-24-21(16-20)17-28-29-24)19-11-8-18(9-12-19)10-15-26(30)31/h4-17H,3H2,1-2H3,(H,28,29)(H,30,31)/b15-10+,27-22?. The van der Waals surface area contributed by atoms with Crippen molar-refractivity contribution in [3.63, 3.8) is 0 Å². The molecule has 0 amide bonds. The maximum absolute atomic E-state index is 12.6. The Morgan fingerprint density at radius 3 is 2.41 bits per heavy atom. The number of carboxylic acid groups (broad SMARTS) is 1. The number of sulfone groups is 1. The Balaban J connectivity index is 1.99. The van der Waals surface area contributed by atoms with Crippen LogP contribution < -0.4 is 0 Å². The molecule has 172 valence electrons. The number of nitrogens with zero attached hydrogens (tertiary/aromatic N) is 1. The maximum Gasteiger partial charge on any atom is 0.328 e. The van der Waals surface area contributed by atoms with E-state index in [4.69, 9.17) is 5.11 Å². The van der Waals surface area contributed by atoms with Crippen LogP contribution in [0.1, 0.15) is 35.6 Å². The van der Waals surface area contributed by atoms with Crippen LogP contribution in [-0.2, 0) is 14.6 Å². The monoisotopic (exact) mass is 472 g/mol. The molecule has 0 unspecified atom stereocenters. The fourth-order valence-electron chi connectivity index (χ4n) is 4.08. The molecule has 0 aliphatic rings. The fraction of sp³-hybridized carbons (Fsp3) is 0.111. The van der Waals surface area contributed by atoms with Crippen LogP contribution in [0.15, 0.2) is 83.9 Å². The molecule has 4 aromatic rings. The number of carboxylic acids is 1. The zero-order valence-electron chi connectivity index (χ0n) is 18.8. The molecule has 4 rings (SSSR count). The number of aromatic amines is 1. The number of aromatic nitrogens is 2. The first kappa shape index (κ1) is 23.2. The van der Waals surface area contributed by atoms with Crippen molar-refractivity contribution in [3.8, 4) is 0 Å². The molecule has 0 spiro atoms. The van der Waals surface area contributed by atoms with E-state index in [-0.39, 0.29) is 4.90 Å². The third kappa shape index (κ3) is 4.84. The van der Waals surface area contributed by atoms with Gasteiger partial charge in [-0.25, -0.2) is 13.2 Å². The third-order valence-corrected chi connectivity index (χ3v) is 6.77. The molecule has 0 atom stereocenters. The molecular formula is C27H24N2O4S. The van der Waals surface area contributed by atoms with E-state index in [1.54, 1.807) is 18.3 Å². The average Bonchev–Trinajstić information content (AvgIpc) is 3.29. The first-order chi connectivity index (χ1) is 16.3. The highest BCUT2D eigenvalue weighted by molar-refractivity contribution is 7.90. The summed E-state index contributed by atoms with van der Waals surface area (Å²) in [5, 5.41) is 16.9. The van der Waals surface area contributed by atoms with E-state index in [1.165, 1.54) is 12.3 Å². The highest BCUT2D eigenvalue weighted by Gasteiger charge is 2.20. The molecule has 34 heavy (non-hydrogen) atoms. The third-order valence-electron chi connectivity index (χ3n) is 5.61. The molecule has 1 aromatic heterocycles. The van der Waals surface area contributed by atoms with E-state index in [2.05, 4.69) is 10.2 Å². The number of benzene rings is 3. The number of carbonyl (C=O) groups is 1. The Hall–Kier alpha value is -3.97. The van der Waals surface area contributed by atoms with Gasteiger partial charge in [0.05, 0.1) is 16.6 Å². The number of fused-ring (bicyclic) bond motifs is 1. The van der Waals surface area contributed by atoms with Gasteiger partial charge in [0.1, 0.15) is 0 Å². The topological polar surface area (TPSA) is 100 Å². The Labute approximate surface area is 198 Å². The summed E-state index contributed by atoms with van der Waals surface area (Å²) < 4.78 is 25.2. The number of allylic oxidation sites excluding steroid dienone is 1. The summed E-state index contributed by atoms with van der Waals surface area (Å²) in [7, 11) is -3.45. The van der Waals surface area contributed by atoms with Crippen molar-refractivity contribution in [2.45, 2.75) is 18.2 Å². The Bertz CT molecular complexity index is 1530. The van der Waals surface area contributed by atoms with Gasteiger partial charge >= 0.3 is 5.97 Å². The van der Waals surface area contributed by atoms with Crippen molar-refractivity contribution in [1.82, 2.24) is 10.2 Å². The minimum absolute atomic E-state index is 0.287. The summed E-state index contributed by atoms with van der Waals surface area (Å²) in [4.78, 5) is 11.2. The highest BCUT2D eigenvalue weighted by atomic mass is 32.2. The minimum Gasteiger partial charge on any atom is -0.478 e. The number of hydrogen-bond acceptors (Lipinski definition) is 4. The zero-order chi connectivity index (χ0) is 24.3. The first-order valence-electron chi connectivity index (χ1n) is 10.8. The van der Waals surface area contributed by atoms with Gasteiger partial charge in [-0.15, -0.1) is 0 Å². The number of rotatable bonds is 7. The largest absolute Gasteiger partial charge is 0.478 e. The van der Waals surface area contributed by atoms with Crippen LogP contribution in [0.2, 0.25) is 0 Å². The summed E-state index contributed by atoms with van der Waals surface area (Å²) in [6, 6.07) is 20.6. The van der Waals surface area contributed by atoms with Crippen molar-refractivity contribution >= 4 is 43.9 Å². The van der Waals surface area contributed by atoms with Crippen LogP contribution in [0.4, 0.5) is 0 Å². The normalized spacial score (nSPS) is 12.8. The summed E-state index contributed by atoms with van der Waals surface area (Å²) >= 11 is 0. The Morgan fingerprint density at radius 2 is 1.74 bits per heavy atom. The molecule has 6 nitrogen and oxygen atoms in total. The Kier molecular flexibility index (Phi) is 6.47. The van der Waals surface area contributed by atoms with Crippen LogP contribution in [0.25, 0.3) is 28.1 Å². The van der Waals surface area contributed by atoms with E-state index in [0.717, 1.165) is 44.8 Å². The van der Waals surface area contributed by atoms with Crippen LogP contribution in [-0.4, -0.2) is 35.9 Å². The lowest BCUT2D eigenvalue weighted by molar-refractivity contribution is -0.131. The first-order valence-corrected chi connectivity index (χ1v) is 12.6. The predicted molar refractivity (Wildman–Crippen MR) is 135 cm³/mol. The van der Waals surface area contributed by atoms with Crippen molar-refractivity contribution in [2.24, 2.45) is 0 Å². The lowest BCUT2D eigenvalue weighted by atomic mass is 9.87. The van der Waals surface area contributed by atoms with E-state index >= 15 is 0 Å². The van der Waals surface area contributed by atoms with E-state index in [1.807, 2.05) is 61.5 Å². The van der Waals surface area contributed by atoms with Crippen LogP contribution in [0, 0.1) is 0 Å². The molecule has 3 aromatic carbocycles. The summed E-state index contributed by atoms with van der Waals surface area (Å²) in [6.45, 7) is 2.01. The van der Waals surface area contributed by atoms with Crippen LogP contribution in [0.3, 0.4) is 0 Å². The average molecular weight is 473 g/mol. The minimum atomic E-state index is -3.45. The fourth-order valence-corrected chi connectivity index (χ4v) is 5.00. The molecular weight excluding hydrogens is 448 g/mol. The van der Waals surface area contributed by atoms with Gasteiger partial charge in [-0.3, -0.25) is 5.10 Å². The van der Waals surface area contributed by atoms with Crippen molar-refractivity contribution < 1.29 is 18.3 Å². The molecule has 0 aliphatic heterocycles. The summed E-state index contributed by atoms with van der Waals surface area (Å²) in [5.41, 5.74) is 5.98. The van der Waals surface area contributed by atoms with E-state index in [0.29, 0.717) is 12.0 Å². The molecule has 7 heteroatoms. The maximum atomic E-state index is 12.6. The second kappa shape index (κ2) is 9.49. The second-order valence-electron chi connectivity index (χ2n) is 7.94. The van der Waals surface area contributed by atoms with Crippen molar-refractivity contribution in [1.29, 1.82) is 0 Å². The van der Waals surface area contributed by atoms with Gasteiger partial charge in [0.15, 0.2) is 9.84 Å². The molecule has 0 aliphatic carbocycles. The number of hydrogen-bond donors (Lipinski definition) is 2. The summed E-state index contributed by atoms with van der Waals surface area (Å²) in [6.07, 6.45) is 6.21. The van der Waals surface area contributed by atoms with Gasteiger partial charge in [0, 0.05) is 17.7 Å². The van der Waals surface area contributed by atoms with Crippen molar-refractivity contribution in [3.05, 3.63) is 101 Å². The second-order valence-corrected chi connectivity index (χ2v) is 9.93. The highest BCUT2D eigenvalue weighted by Crippen LogP contribution is 2.37. The van der Waals surface area contributed by atoms with Gasteiger partial charge < -0.3 is 5.11 Å². The Morgan fingerprint density at radius 1 is 1.03 bits per heavy atom. The van der Waals surface area contributed by atoms with Crippen LogP contribution in [0.5, 0.6) is 0 Å². The van der Waals surface area contributed by atoms with Gasteiger partial charge in [-0.05, 0) is 64.1 Å². The molecule has 0 saturated carbocycles. The van der Waals surface area contributed by atoms with Gasteiger partial charge in [0.2, 0.25) is 0 Å². The molecule has 0 saturated heterocycles. The van der Waals surface area contributed by atoms with Gasteiger partial charge in [0.25, 0.3) is 0 Å². The SMILES string of the molecule is CCC(=C(c1ccc(/C=C/C(=O)O)cc1)c1ccc2[nH]ncc2c1)c1ccccc1S(C)(=O)=O. The van der Waals surface area contributed by atoms with E-state index in [9.17, 15) is 13.2 Å². The molecule has 0 fully saturated rings. The number of H-pyrrole nitrogens is 1. The van der Waals surface area contributed by atoms with E-state index < -0.39 is 15.8 Å². The van der Waals surface area contributed by atoms with Crippen molar-refractivity contribution in [2.75, 3.05) is 6.26 Å². The predicted octanol–water partition coefficient (Wildman–Crippen LogP) is 5.43. The molecule has 0 bridgehead atoms. The molecule has 0 radical (unpaired) electrons. The lowest BCUT2D eigenvalue weighted by Crippen LogP contribution is -2.04. The quantitative estimate of drug-likeness (QED) is 0.276. The lowest BCUT2D eigenvalue weighted by Gasteiger charge is -2.18. The van der Waals surface area contributed by atoms with Gasteiger partial charge in [-0.1, -0.05) is 55.5 Å². The zero-order valence-corrected chi connectivity index (χ0v) is 19.6. The van der Waals surface area contributed by atoms with Crippen LogP contribution >= 0.6 is 0 Å².